The summed E-state index contributed by atoms with van der Waals surface area (Å²) in [5, 5.41) is 0.550. The van der Waals surface area contributed by atoms with Crippen LogP contribution in [0.2, 0.25) is 0 Å². The molecule has 1 unspecified atom stereocenters. The minimum atomic E-state index is -3.32. The van der Waals surface area contributed by atoms with Crippen LogP contribution in [0.5, 0.6) is 0 Å². The second kappa shape index (κ2) is 6.15. The molecule has 0 aromatic rings. The molecule has 0 aromatic carbocycles. The minimum Gasteiger partial charge on any atom is -0.383 e. The molecule has 1 atom stereocenters. The van der Waals surface area contributed by atoms with Crippen molar-refractivity contribution in [2.75, 3.05) is 32.1 Å². The van der Waals surface area contributed by atoms with Gasteiger partial charge in [-0.1, -0.05) is 15.9 Å². The average Bonchev–Trinajstić information content (AvgIpc) is 2.70. The molecule has 0 saturated carbocycles. The van der Waals surface area contributed by atoms with Crippen molar-refractivity contribution in [3.05, 3.63) is 0 Å². The maximum atomic E-state index is 11.8. The molecule has 1 N–H and O–H groups in total. The van der Waals surface area contributed by atoms with Crippen LogP contribution in [0.15, 0.2) is 0 Å². The van der Waals surface area contributed by atoms with Gasteiger partial charge in [-0.05, 0) is 12.8 Å². The van der Waals surface area contributed by atoms with Crippen molar-refractivity contribution in [3.63, 3.8) is 0 Å². The summed E-state index contributed by atoms with van der Waals surface area (Å²) in [7, 11) is -1.76. The highest BCUT2D eigenvalue weighted by Gasteiger charge is 2.27. The molecule has 0 aromatic heterocycles. The molecule has 0 amide bonds. The molecule has 0 radical (unpaired) electrons. The number of hydrogen-bond donors (Lipinski definition) is 1. The number of halogens is 1. The average molecular weight is 301 g/mol. The summed E-state index contributed by atoms with van der Waals surface area (Å²) >= 11 is 3.25. The van der Waals surface area contributed by atoms with E-state index in [9.17, 15) is 8.42 Å². The molecule has 1 saturated heterocycles. The van der Waals surface area contributed by atoms with E-state index in [4.69, 9.17) is 4.74 Å². The third-order valence-corrected chi connectivity index (χ3v) is 4.73. The van der Waals surface area contributed by atoms with Crippen LogP contribution in [0.4, 0.5) is 0 Å². The van der Waals surface area contributed by atoms with Gasteiger partial charge in [0.25, 0.3) is 10.2 Å². The van der Waals surface area contributed by atoms with Crippen LogP contribution in [0.3, 0.4) is 0 Å². The van der Waals surface area contributed by atoms with Gasteiger partial charge in [-0.25, -0.2) is 0 Å². The third kappa shape index (κ3) is 3.99. The van der Waals surface area contributed by atoms with Crippen LogP contribution in [0.25, 0.3) is 0 Å². The minimum absolute atomic E-state index is 0.208. The van der Waals surface area contributed by atoms with Gasteiger partial charge in [-0.15, -0.1) is 0 Å². The maximum Gasteiger partial charge on any atom is 0.279 e. The van der Waals surface area contributed by atoms with Crippen LogP contribution in [0, 0.1) is 0 Å². The Morgan fingerprint density at radius 2 is 2.07 bits per heavy atom. The summed E-state index contributed by atoms with van der Waals surface area (Å²) in [6, 6.07) is -0.208. The van der Waals surface area contributed by atoms with Crippen LogP contribution < -0.4 is 4.72 Å². The molecule has 1 aliphatic heterocycles. The maximum absolute atomic E-state index is 11.8. The topological polar surface area (TPSA) is 58.6 Å². The Morgan fingerprint density at radius 3 is 2.53 bits per heavy atom. The van der Waals surface area contributed by atoms with Crippen LogP contribution in [-0.4, -0.2) is 50.9 Å². The van der Waals surface area contributed by atoms with E-state index in [2.05, 4.69) is 20.7 Å². The third-order valence-electron chi connectivity index (χ3n) is 2.27. The fraction of sp³-hybridized carbons (Fsp3) is 1.00. The summed E-state index contributed by atoms with van der Waals surface area (Å²) in [5.41, 5.74) is 0. The summed E-state index contributed by atoms with van der Waals surface area (Å²) in [5.74, 6) is 0. The standard InChI is InChI=1S/C8H17BrN2O3S/c1-14-7-8(6-9)10-15(12,13)11-4-2-3-5-11/h8,10H,2-7H2,1H3. The normalized spacial score (nSPS) is 20.7. The van der Waals surface area contributed by atoms with Gasteiger partial charge >= 0.3 is 0 Å². The smallest absolute Gasteiger partial charge is 0.279 e. The van der Waals surface area contributed by atoms with Crippen LogP contribution >= 0.6 is 15.9 Å². The van der Waals surface area contributed by atoms with E-state index in [0.717, 1.165) is 12.8 Å². The molecule has 1 fully saturated rings. The molecule has 0 spiro atoms. The largest absolute Gasteiger partial charge is 0.383 e. The van der Waals surface area contributed by atoms with Crippen molar-refractivity contribution in [2.24, 2.45) is 0 Å². The molecule has 7 heteroatoms. The highest BCUT2D eigenvalue weighted by Crippen LogP contribution is 2.11. The van der Waals surface area contributed by atoms with Gasteiger partial charge in [0.2, 0.25) is 0 Å². The molecule has 15 heavy (non-hydrogen) atoms. The van der Waals surface area contributed by atoms with Crippen molar-refractivity contribution < 1.29 is 13.2 Å². The molecular weight excluding hydrogens is 284 g/mol. The zero-order chi connectivity index (χ0) is 11.3. The second-order valence-corrected chi connectivity index (χ2v) is 5.89. The lowest BCUT2D eigenvalue weighted by molar-refractivity contribution is 0.181. The van der Waals surface area contributed by atoms with E-state index in [1.807, 2.05) is 0 Å². The van der Waals surface area contributed by atoms with Gasteiger partial charge in [0, 0.05) is 25.5 Å². The van der Waals surface area contributed by atoms with Gasteiger partial charge in [-0.3, -0.25) is 0 Å². The van der Waals surface area contributed by atoms with Gasteiger partial charge < -0.3 is 4.74 Å². The lowest BCUT2D eigenvalue weighted by atomic mass is 10.4. The lowest BCUT2D eigenvalue weighted by Crippen LogP contribution is -2.46. The Hall–Kier alpha value is 0.310. The summed E-state index contributed by atoms with van der Waals surface area (Å²) < 4.78 is 32.7. The summed E-state index contributed by atoms with van der Waals surface area (Å²) in [6.45, 7) is 1.62. The molecule has 1 rings (SSSR count). The number of alkyl halides is 1. The number of rotatable bonds is 6. The van der Waals surface area contributed by atoms with Crippen molar-refractivity contribution >= 4 is 26.1 Å². The number of methoxy groups -OCH3 is 1. The van der Waals surface area contributed by atoms with Crippen molar-refractivity contribution in [2.45, 2.75) is 18.9 Å². The van der Waals surface area contributed by atoms with Crippen molar-refractivity contribution in [3.8, 4) is 0 Å². The molecule has 1 aliphatic rings. The first-order valence-electron chi connectivity index (χ1n) is 4.92. The Labute approximate surface area is 99.5 Å². The number of ether oxygens (including phenoxy) is 1. The monoisotopic (exact) mass is 300 g/mol. The Morgan fingerprint density at radius 1 is 1.47 bits per heavy atom. The van der Waals surface area contributed by atoms with E-state index in [0.29, 0.717) is 25.0 Å². The highest BCUT2D eigenvalue weighted by atomic mass is 79.9. The predicted molar refractivity (Wildman–Crippen MR) is 62.3 cm³/mol. The zero-order valence-electron chi connectivity index (χ0n) is 8.78. The first-order chi connectivity index (χ1) is 7.10. The zero-order valence-corrected chi connectivity index (χ0v) is 11.2. The number of hydrogen-bond acceptors (Lipinski definition) is 3. The Balaban J connectivity index is 2.53. The van der Waals surface area contributed by atoms with E-state index >= 15 is 0 Å². The summed E-state index contributed by atoms with van der Waals surface area (Å²) in [4.78, 5) is 0. The molecular formula is C8H17BrN2O3S. The Bertz CT molecular complexity index is 278. The van der Waals surface area contributed by atoms with E-state index in [1.54, 1.807) is 7.11 Å². The van der Waals surface area contributed by atoms with Crippen LogP contribution in [-0.2, 0) is 14.9 Å². The van der Waals surface area contributed by atoms with Crippen LogP contribution in [0.1, 0.15) is 12.8 Å². The van der Waals surface area contributed by atoms with Gasteiger partial charge in [-0.2, -0.15) is 17.4 Å². The van der Waals surface area contributed by atoms with Gasteiger partial charge in [0.15, 0.2) is 0 Å². The quantitative estimate of drug-likeness (QED) is 0.719. The van der Waals surface area contributed by atoms with E-state index in [1.165, 1.54) is 4.31 Å². The van der Waals surface area contributed by atoms with E-state index < -0.39 is 10.2 Å². The number of nitrogens with zero attached hydrogens (tertiary/aromatic N) is 1. The highest BCUT2D eigenvalue weighted by molar-refractivity contribution is 9.09. The first-order valence-corrected chi connectivity index (χ1v) is 7.48. The summed E-state index contributed by atoms with van der Waals surface area (Å²) in [6.07, 6.45) is 1.90. The molecule has 0 bridgehead atoms. The fourth-order valence-electron chi connectivity index (χ4n) is 1.52. The van der Waals surface area contributed by atoms with E-state index in [-0.39, 0.29) is 6.04 Å². The van der Waals surface area contributed by atoms with Crippen molar-refractivity contribution in [1.82, 2.24) is 9.03 Å². The molecule has 5 nitrogen and oxygen atoms in total. The van der Waals surface area contributed by atoms with Gasteiger partial charge in [0.1, 0.15) is 0 Å². The molecule has 0 aliphatic carbocycles. The molecule has 90 valence electrons. The number of nitrogens with one attached hydrogen (secondary N) is 1. The second-order valence-electron chi connectivity index (χ2n) is 3.54. The first kappa shape index (κ1) is 13.4. The Kier molecular flexibility index (Phi) is 5.48. The van der Waals surface area contributed by atoms with Crippen molar-refractivity contribution in [1.29, 1.82) is 0 Å². The SMILES string of the molecule is COCC(CBr)NS(=O)(=O)N1CCCC1. The van der Waals surface area contributed by atoms with Gasteiger partial charge in [0.05, 0.1) is 12.6 Å². The fourth-order valence-corrected chi connectivity index (χ4v) is 3.55. The molecule has 1 heterocycles. The predicted octanol–water partition coefficient (Wildman–Crippen LogP) is 0.327. The lowest BCUT2D eigenvalue weighted by Gasteiger charge is -2.20.